The van der Waals surface area contributed by atoms with Crippen LogP contribution in [0.1, 0.15) is 11.4 Å². The number of aromatic amines is 1. The third-order valence-electron chi connectivity index (χ3n) is 3.07. The molecule has 96 valence electrons. The highest BCUT2D eigenvalue weighted by molar-refractivity contribution is 9.10. The SMILES string of the molecule is Cc1cc(=O)n2[nH]c(C)c(-c3ccccc3Br)c2n1. The molecule has 4 nitrogen and oxygen atoms in total. The maximum absolute atomic E-state index is 12.0. The lowest BCUT2D eigenvalue weighted by Gasteiger charge is -2.03. The van der Waals surface area contributed by atoms with Crippen molar-refractivity contribution in [3.8, 4) is 11.1 Å². The number of rotatable bonds is 1. The molecular formula is C14H12BrN3O. The molecule has 3 rings (SSSR count). The quantitative estimate of drug-likeness (QED) is 0.750. The van der Waals surface area contributed by atoms with Gasteiger partial charge in [-0.15, -0.1) is 0 Å². The number of aromatic nitrogens is 3. The standard InChI is InChI=1S/C14H12BrN3O/c1-8-7-12(19)18-14(16-8)13(9(2)17-18)10-5-3-4-6-11(10)15/h3-7,17H,1-2H3. The van der Waals surface area contributed by atoms with Crippen molar-refractivity contribution in [2.75, 3.05) is 0 Å². The van der Waals surface area contributed by atoms with Crippen molar-refractivity contribution < 1.29 is 0 Å². The Morgan fingerprint density at radius 1 is 1.26 bits per heavy atom. The molecule has 3 aromatic rings. The molecule has 0 fully saturated rings. The second-order valence-corrected chi connectivity index (χ2v) is 5.34. The maximum Gasteiger partial charge on any atom is 0.272 e. The van der Waals surface area contributed by atoms with Gasteiger partial charge in [-0.3, -0.25) is 9.89 Å². The molecule has 0 saturated heterocycles. The lowest BCUT2D eigenvalue weighted by Crippen LogP contribution is -2.14. The number of halogens is 1. The summed E-state index contributed by atoms with van der Waals surface area (Å²) in [5.74, 6) is 0. The summed E-state index contributed by atoms with van der Waals surface area (Å²) >= 11 is 3.55. The van der Waals surface area contributed by atoms with Gasteiger partial charge in [-0.25, -0.2) is 9.50 Å². The predicted molar refractivity (Wildman–Crippen MR) is 78.4 cm³/mol. The van der Waals surface area contributed by atoms with Crippen LogP contribution < -0.4 is 5.56 Å². The number of nitrogens with one attached hydrogen (secondary N) is 1. The van der Waals surface area contributed by atoms with Crippen molar-refractivity contribution in [1.29, 1.82) is 0 Å². The zero-order valence-electron chi connectivity index (χ0n) is 10.6. The van der Waals surface area contributed by atoms with Crippen molar-refractivity contribution in [1.82, 2.24) is 14.6 Å². The van der Waals surface area contributed by atoms with E-state index in [-0.39, 0.29) is 5.56 Å². The van der Waals surface area contributed by atoms with Gasteiger partial charge in [-0.2, -0.15) is 0 Å². The molecule has 0 amide bonds. The van der Waals surface area contributed by atoms with Crippen LogP contribution >= 0.6 is 15.9 Å². The molecule has 2 aromatic heterocycles. The van der Waals surface area contributed by atoms with Crippen molar-refractivity contribution >= 4 is 21.6 Å². The fraction of sp³-hybridized carbons (Fsp3) is 0.143. The minimum Gasteiger partial charge on any atom is -0.293 e. The lowest BCUT2D eigenvalue weighted by atomic mass is 10.1. The van der Waals surface area contributed by atoms with Gasteiger partial charge in [-0.05, 0) is 19.9 Å². The fourth-order valence-electron chi connectivity index (χ4n) is 2.25. The van der Waals surface area contributed by atoms with Gasteiger partial charge in [0.25, 0.3) is 5.56 Å². The Labute approximate surface area is 118 Å². The van der Waals surface area contributed by atoms with E-state index in [9.17, 15) is 4.79 Å². The van der Waals surface area contributed by atoms with Gasteiger partial charge in [0.1, 0.15) is 0 Å². The Morgan fingerprint density at radius 3 is 2.74 bits per heavy atom. The molecule has 19 heavy (non-hydrogen) atoms. The Balaban J connectivity index is 2.45. The van der Waals surface area contributed by atoms with Crippen LogP contribution in [0.2, 0.25) is 0 Å². The van der Waals surface area contributed by atoms with Gasteiger partial charge in [-0.1, -0.05) is 34.1 Å². The molecule has 2 heterocycles. The second-order valence-electron chi connectivity index (χ2n) is 4.49. The highest BCUT2D eigenvalue weighted by Crippen LogP contribution is 2.32. The van der Waals surface area contributed by atoms with Gasteiger partial charge in [0.15, 0.2) is 5.65 Å². The van der Waals surface area contributed by atoms with E-state index in [4.69, 9.17) is 0 Å². The third kappa shape index (κ3) is 1.90. The van der Waals surface area contributed by atoms with Gasteiger partial charge < -0.3 is 0 Å². The van der Waals surface area contributed by atoms with Crippen molar-refractivity contribution in [2.24, 2.45) is 0 Å². The van der Waals surface area contributed by atoms with E-state index in [2.05, 4.69) is 26.0 Å². The number of hydrogen-bond acceptors (Lipinski definition) is 2. The van der Waals surface area contributed by atoms with Crippen LogP contribution in [0.15, 0.2) is 39.6 Å². The fourth-order valence-corrected chi connectivity index (χ4v) is 2.73. The Bertz CT molecular complexity index is 832. The van der Waals surface area contributed by atoms with Crippen LogP contribution in [0, 0.1) is 13.8 Å². The van der Waals surface area contributed by atoms with Gasteiger partial charge in [0, 0.05) is 33.1 Å². The average Bonchev–Trinajstić information content (AvgIpc) is 2.67. The summed E-state index contributed by atoms with van der Waals surface area (Å²) in [5, 5.41) is 3.07. The molecule has 0 bridgehead atoms. The van der Waals surface area contributed by atoms with E-state index >= 15 is 0 Å². The Kier molecular flexibility index (Phi) is 2.78. The molecule has 0 aliphatic carbocycles. The van der Waals surface area contributed by atoms with E-state index in [0.29, 0.717) is 5.65 Å². The first kappa shape index (κ1) is 12.2. The summed E-state index contributed by atoms with van der Waals surface area (Å²) in [4.78, 5) is 16.4. The number of fused-ring (bicyclic) bond motifs is 1. The zero-order valence-corrected chi connectivity index (χ0v) is 12.2. The van der Waals surface area contributed by atoms with E-state index in [0.717, 1.165) is 27.0 Å². The number of aryl methyl sites for hydroxylation is 2. The molecule has 5 heteroatoms. The molecule has 0 saturated carbocycles. The number of benzene rings is 1. The topological polar surface area (TPSA) is 50.2 Å². The molecule has 0 unspecified atom stereocenters. The molecule has 0 atom stereocenters. The monoisotopic (exact) mass is 317 g/mol. The van der Waals surface area contributed by atoms with Crippen LogP contribution in [-0.4, -0.2) is 14.6 Å². The van der Waals surface area contributed by atoms with Crippen molar-refractivity contribution in [3.05, 3.63) is 56.5 Å². The van der Waals surface area contributed by atoms with Crippen molar-refractivity contribution in [2.45, 2.75) is 13.8 Å². The number of hydrogen-bond donors (Lipinski definition) is 1. The first-order valence-corrected chi connectivity index (χ1v) is 6.71. The van der Waals surface area contributed by atoms with Crippen LogP contribution in [0.3, 0.4) is 0 Å². The first-order chi connectivity index (χ1) is 9.08. The minimum atomic E-state index is -0.0936. The Hall–Kier alpha value is -1.88. The summed E-state index contributed by atoms with van der Waals surface area (Å²) in [7, 11) is 0. The lowest BCUT2D eigenvalue weighted by molar-refractivity contribution is 0.873. The summed E-state index contributed by atoms with van der Waals surface area (Å²) in [6, 6.07) is 9.44. The van der Waals surface area contributed by atoms with E-state index < -0.39 is 0 Å². The normalized spacial score (nSPS) is 11.1. The van der Waals surface area contributed by atoms with Gasteiger partial charge in [0.05, 0.1) is 0 Å². The summed E-state index contributed by atoms with van der Waals surface area (Å²) in [6.45, 7) is 3.77. The first-order valence-electron chi connectivity index (χ1n) is 5.92. The highest BCUT2D eigenvalue weighted by atomic mass is 79.9. The van der Waals surface area contributed by atoms with E-state index in [1.54, 1.807) is 0 Å². The molecule has 0 spiro atoms. The molecule has 0 aliphatic rings. The zero-order chi connectivity index (χ0) is 13.6. The number of H-pyrrole nitrogens is 1. The summed E-state index contributed by atoms with van der Waals surface area (Å²) in [5.41, 5.74) is 4.18. The number of nitrogens with zero attached hydrogens (tertiary/aromatic N) is 2. The third-order valence-corrected chi connectivity index (χ3v) is 3.76. The van der Waals surface area contributed by atoms with Crippen LogP contribution in [0.5, 0.6) is 0 Å². The second kappa shape index (κ2) is 4.35. The molecule has 0 radical (unpaired) electrons. The maximum atomic E-state index is 12.0. The minimum absolute atomic E-state index is 0.0936. The summed E-state index contributed by atoms with van der Waals surface area (Å²) in [6.07, 6.45) is 0. The van der Waals surface area contributed by atoms with Crippen LogP contribution in [0.4, 0.5) is 0 Å². The highest BCUT2D eigenvalue weighted by Gasteiger charge is 2.15. The van der Waals surface area contributed by atoms with Crippen LogP contribution in [0.25, 0.3) is 16.8 Å². The molecular weight excluding hydrogens is 306 g/mol. The van der Waals surface area contributed by atoms with Gasteiger partial charge >= 0.3 is 0 Å². The van der Waals surface area contributed by atoms with Crippen molar-refractivity contribution in [3.63, 3.8) is 0 Å². The molecule has 1 aromatic carbocycles. The average molecular weight is 318 g/mol. The molecule has 0 aliphatic heterocycles. The largest absolute Gasteiger partial charge is 0.293 e. The van der Waals surface area contributed by atoms with Crippen LogP contribution in [-0.2, 0) is 0 Å². The van der Waals surface area contributed by atoms with E-state index in [1.165, 1.54) is 10.6 Å². The molecule has 1 N–H and O–H groups in total. The Morgan fingerprint density at radius 2 is 2.00 bits per heavy atom. The van der Waals surface area contributed by atoms with E-state index in [1.807, 2.05) is 38.1 Å². The summed E-state index contributed by atoms with van der Waals surface area (Å²) < 4.78 is 2.47. The predicted octanol–water partition coefficient (Wildman–Crippen LogP) is 3.07. The van der Waals surface area contributed by atoms with Gasteiger partial charge in [0.2, 0.25) is 0 Å². The smallest absolute Gasteiger partial charge is 0.272 e.